The summed E-state index contributed by atoms with van der Waals surface area (Å²) in [6.45, 7) is 6.83. The SMILES string of the molecule is CC1c2nc(CC(=O)N3CCOCC3)cn2CCN1C.O=C(O)C(F)(F)F. The first-order valence-electron chi connectivity index (χ1n) is 8.51. The molecule has 1 amide bonds. The second-order valence-electron chi connectivity index (χ2n) is 6.41. The van der Waals surface area contributed by atoms with Crippen molar-refractivity contribution in [3.05, 3.63) is 17.7 Å². The van der Waals surface area contributed by atoms with E-state index in [1.807, 2.05) is 11.1 Å². The van der Waals surface area contributed by atoms with Gasteiger partial charge in [0, 0.05) is 32.4 Å². The van der Waals surface area contributed by atoms with E-state index in [2.05, 4.69) is 28.4 Å². The molecule has 1 N–H and O–H groups in total. The van der Waals surface area contributed by atoms with Crippen LogP contribution in [0.15, 0.2) is 6.20 Å². The molecule has 1 unspecified atom stereocenters. The fraction of sp³-hybridized carbons (Fsp3) is 0.688. The Kier molecular flexibility index (Phi) is 6.82. The summed E-state index contributed by atoms with van der Waals surface area (Å²) in [6.07, 6.45) is -2.65. The minimum absolute atomic E-state index is 0.157. The van der Waals surface area contributed by atoms with Crippen molar-refractivity contribution >= 4 is 11.9 Å². The number of hydrogen-bond acceptors (Lipinski definition) is 5. The highest BCUT2D eigenvalue weighted by Gasteiger charge is 2.38. The predicted octanol–water partition coefficient (Wildman–Crippen LogP) is 0.924. The molecule has 8 nitrogen and oxygen atoms in total. The van der Waals surface area contributed by atoms with Crippen LogP contribution in [0.2, 0.25) is 0 Å². The third kappa shape index (κ3) is 5.67. The van der Waals surface area contributed by atoms with E-state index in [9.17, 15) is 18.0 Å². The average molecular weight is 392 g/mol. The van der Waals surface area contributed by atoms with E-state index in [1.54, 1.807) is 0 Å². The van der Waals surface area contributed by atoms with Gasteiger partial charge in [0.15, 0.2) is 0 Å². The lowest BCUT2D eigenvalue weighted by atomic mass is 10.2. The number of likely N-dealkylation sites (N-methyl/N-ethyl adjacent to an activating group) is 1. The number of imidazole rings is 1. The Balaban J connectivity index is 0.000000321. The van der Waals surface area contributed by atoms with Crippen molar-refractivity contribution in [3.63, 3.8) is 0 Å². The minimum Gasteiger partial charge on any atom is -0.475 e. The van der Waals surface area contributed by atoms with Crippen LogP contribution < -0.4 is 0 Å². The Morgan fingerprint density at radius 2 is 1.85 bits per heavy atom. The predicted molar refractivity (Wildman–Crippen MR) is 88.1 cm³/mol. The lowest BCUT2D eigenvalue weighted by Gasteiger charge is -2.30. The van der Waals surface area contributed by atoms with Gasteiger partial charge in [-0.15, -0.1) is 0 Å². The van der Waals surface area contributed by atoms with Crippen molar-refractivity contribution in [1.29, 1.82) is 0 Å². The number of carbonyl (C=O) groups excluding carboxylic acids is 1. The van der Waals surface area contributed by atoms with Crippen LogP contribution in [0.4, 0.5) is 13.2 Å². The molecule has 11 heteroatoms. The third-order valence-electron chi connectivity index (χ3n) is 4.52. The second kappa shape index (κ2) is 8.70. The normalized spacial score (nSPS) is 20.5. The summed E-state index contributed by atoms with van der Waals surface area (Å²) in [5, 5.41) is 7.12. The molecule has 2 aliphatic rings. The number of ether oxygens (including phenoxy) is 1. The van der Waals surface area contributed by atoms with Crippen molar-refractivity contribution in [2.24, 2.45) is 0 Å². The molecule has 1 aromatic heterocycles. The van der Waals surface area contributed by atoms with Gasteiger partial charge in [-0.1, -0.05) is 0 Å². The number of morpholine rings is 1. The molecule has 152 valence electrons. The fourth-order valence-electron chi connectivity index (χ4n) is 2.82. The zero-order valence-corrected chi connectivity index (χ0v) is 15.2. The van der Waals surface area contributed by atoms with Crippen molar-refractivity contribution in [3.8, 4) is 0 Å². The van der Waals surface area contributed by atoms with Gasteiger partial charge in [0.25, 0.3) is 0 Å². The number of rotatable bonds is 2. The molecule has 0 bridgehead atoms. The number of nitrogens with zero attached hydrogens (tertiary/aromatic N) is 4. The van der Waals surface area contributed by atoms with E-state index in [-0.39, 0.29) is 5.91 Å². The number of amides is 1. The van der Waals surface area contributed by atoms with E-state index in [4.69, 9.17) is 14.6 Å². The second-order valence-corrected chi connectivity index (χ2v) is 6.41. The summed E-state index contributed by atoms with van der Waals surface area (Å²) in [7, 11) is 2.11. The molecule has 1 atom stereocenters. The Hall–Kier alpha value is -2.14. The van der Waals surface area contributed by atoms with Crippen LogP contribution in [-0.2, 0) is 27.3 Å². The molecule has 2 aliphatic heterocycles. The highest BCUT2D eigenvalue weighted by atomic mass is 19.4. The van der Waals surface area contributed by atoms with Gasteiger partial charge in [0.05, 0.1) is 31.4 Å². The summed E-state index contributed by atoms with van der Waals surface area (Å²) in [4.78, 5) is 30.0. The molecule has 0 aliphatic carbocycles. The first-order chi connectivity index (χ1) is 12.6. The summed E-state index contributed by atoms with van der Waals surface area (Å²) in [6, 6.07) is 0.316. The van der Waals surface area contributed by atoms with Crippen LogP contribution in [0.1, 0.15) is 24.5 Å². The third-order valence-corrected chi connectivity index (χ3v) is 4.52. The number of carbonyl (C=O) groups is 2. The van der Waals surface area contributed by atoms with Gasteiger partial charge in [-0.05, 0) is 14.0 Å². The molecule has 3 rings (SSSR count). The number of halogens is 3. The van der Waals surface area contributed by atoms with E-state index in [1.165, 1.54) is 0 Å². The number of fused-ring (bicyclic) bond motifs is 1. The first kappa shape index (κ1) is 21.2. The standard InChI is InChI=1S/C14H22N4O2.C2HF3O2/c1-11-14-15-12(10-18(14)4-3-16(11)2)9-13(19)17-5-7-20-8-6-17;3-2(4,5)1(6)7/h10-11H,3-9H2,1-2H3;(H,6,7). The maximum Gasteiger partial charge on any atom is 0.490 e. The largest absolute Gasteiger partial charge is 0.490 e. The van der Waals surface area contributed by atoms with Crippen LogP contribution >= 0.6 is 0 Å². The Morgan fingerprint density at radius 1 is 1.26 bits per heavy atom. The van der Waals surface area contributed by atoms with E-state index >= 15 is 0 Å². The van der Waals surface area contributed by atoms with Gasteiger partial charge >= 0.3 is 12.1 Å². The topological polar surface area (TPSA) is 87.9 Å². The van der Waals surface area contributed by atoms with Crippen molar-refractivity contribution in [1.82, 2.24) is 19.4 Å². The quantitative estimate of drug-likeness (QED) is 0.806. The number of hydrogen-bond donors (Lipinski definition) is 1. The molecule has 27 heavy (non-hydrogen) atoms. The average Bonchev–Trinajstić information content (AvgIpc) is 3.02. The zero-order valence-electron chi connectivity index (χ0n) is 15.2. The molecular formula is C16H23F3N4O4. The minimum atomic E-state index is -5.08. The van der Waals surface area contributed by atoms with Gasteiger partial charge in [-0.3, -0.25) is 9.69 Å². The lowest BCUT2D eigenvalue weighted by molar-refractivity contribution is -0.192. The molecular weight excluding hydrogens is 369 g/mol. The van der Waals surface area contributed by atoms with Crippen LogP contribution in [0.25, 0.3) is 0 Å². The van der Waals surface area contributed by atoms with Gasteiger partial charge in [-0.25, -0.2) is 9.78 Å². The Bertz CT molecular complexity index is 671. The summed E-state index contributed by atoms with van der Waals surface area (Å²) >= 11 is 0. The number of aromatic nitrogens is 2. The number of carboxylic acids is 1. The molecule has 1 aromatic rings. The highest BCUT2D eigenvalue weighted by Crippen LogP contribution is 2.23. The van der Waals surface area contributed by atoms with Crippen LogP contribution in [-0.4, -0.2) is 82.4 Å². The number of alkyl halides is 3. The van der Waals surface area contributed by atoms with Gasteiger partial charge in [0.1, 0.15) is 5.82 Å². The molecule has 0 spiro atoms. The molecule has 0 saturated carbocycles. The van der Waals surface area contributed by atoms with Gasteiger partial charge < -0.3 is 19.3 Å². The monoisotopic (exact) mass is 392 g/mol. The van der Waals surface area contributed by atoms with Crippen LogP contribution in [0.3, 0.4) is 0 Å². The van der Waals surface area contributed by atoms with Crippen LogP contribution in [0.5, 0.6) is 0 Å². The summed E-state index contributed by atoms with van der Waals surface area (Å²) < 4.78 is 39.2. The molecule has 3 heterocycles. The van der Waals surface area contributed by atoms with E-state index in [0.717, 1.165) is 24.6 Å². The zero-order chi connectivity index (χ0) is 20.2. The molecule has 0 aromatic carbocycles. The smallest absolute Gasteiger partial charge is 0.475 e. The molecule has 0 radical (unpaired) electrons. The molecule has 1 fully saturated rings. The van der Waals surface area contributed by atoms with E-state index < -0.39 is 12.1 Å². The lowest BCUT2D eigenvalue weighted by Crippen LogP contribution is -2.41. The van der Waals surface area contributed by atoms with Crippen molar-refractivity contribution < 1.29 is 32.6 Å². The van der Waals surface area contributed by atoms with Crippen molar-refractivity contribution in [2.75, 3.05) is 39.9 Å². The maximum atomic E-state index is 12.2. The van der Waals surface area contributed by atoms with E-state index in [0.29, 0.717) is 38.8 Å². The first-order valence-corrected chi connectivity index (χ1v) is 8.51. The fourth-order valence-corrected chi connectivity index (χ4v) is 2.82. The number of carboxylic acid groups (broad SMARTS) is 1. The van der Waals surface area contributed by atoms with Crippen LogP contribution in [0, 0.1) is 0 Å². The van der Waals surface area contributed by atoms with Gasteiger partial charge in [0.2, 0.25) is 5.91 Å². The maximum absolute atomic E-state index is 12.2. The summed E-state index contributed by atoms with van der Waals surface area (Å²) in [5.41, 5.74) is 0.888. The summed E-state index contributed by atoms with van der Waals surface area (Å²) in [5.74, 6) is -1.53. The Labute approximate surface area is 154 Å². The van der Waals surface area contributed by atoms with Gasteiger partial charge in [-0.2, -0.15) is 13.2 Å². The van der Waals surface area contributed by atoms with Crippen molar-refractivity contribution in [2.45, 2.75) is 32.1 Å². The molecule has 1 saturated heterocycles. The number of aliphatic carboxylic acids is 1. The highest BCUT2D eigenvalue weighted by molar-refractivity contribution is 5.78. The Morgan fingerprint density at radius 3 is 2.41 bits per heavy atom.